The maximum atomic E-state index is 12.7. The van der Waals surface area contributed by atoms with E-state index in [2.05, 4.69) is 71.6 Å². The monoisotopic (exact) mass is 313 g/mol. The molecule has 0 aromatic heterocycles. The summed E-state index contributed by atoms with van der Waals surface area (Å²) < 4.78 is 0. The zero-order valence-electron chi connectivity index (χ0n) is 13.5. The number of carbonyl (C=O) groups excluding carboxylic acids is 1. The molecule has 1 amide bonds. The fraction of sp³-hybridized carbons (Fsp3) is 0.227. The Kier molecular flexibility index (Phi) is 2.99. The predicted octanol–water partition coefficient (Wildman–Crippen LogP) is 4.28. The van der Waals surface area contributed by atoms with E-state index in [9.17, 15) is 4.79 Å². The first-order chi connectivity index (χ1) is 11.8. The predicted molar refractivity (Wildman–Crippen MR) is 95.8 cm³/mol. The fourth-order valence-electron chi connectivity index (χ4n) is 4.51. The van der Waals surface area contributed by atoms with Gasteiger partial charge in [0.05, 0.1) is 0 Å². The number of hydrogen-bond donors (Lipinski definition) is 0. The van der Waals surface area contributed by atoms with Gasteiger partial charge in [0, 0.05) is 24.9 Å². The molecule has 118 valence electrons. The molecular weight excluding hydrogens is 294 g/mol. The Labute approximate surface area is 141 Å². The van der Waals surface area contributed by atoms with Gasteiger partial charge in [0.2, 0.25) is 5.91 Å². The zero-order chi connectivity index (χ0) is 16.1. The third-order valence-corrected chi connectivity index (χ3v) is 5.69. The van der Waals surface area contributed by atoms with Crippen molar-refractivity contribution in [2.45, 2.75) is 31.3 Å². The van der Waals surface area contributed by atoms with Crippen molar-refractivity contribution in [1.82, 2.24) is 4.90 Å². The van der Waals surface area contributed by atoms with Crippen LogP contribution in [0.1, 0.15) is 29.0 Å². The maximum Gasteiger partial charge on any atom is 0.223 e. The summed E-state index contributed by atoms with van der Waals surface area (Å²) in [6.07, 6.45) is 1.60. The highest BCUT2D eigenvalue weighted by atomic mass is 16.2. The van der Waals surface area contributed by atoms with Crippen molar-refractivity contribution < 1.29 is 4.79 Å². The summed E-state index contributed by atoms with van der Waals surface area (Å²) >= 11 is 0. The van der Waals surface area contributed by atoms with Crippen LogP contribution >= 0.6 is 0 Å². The Morgan fingerprint density at radius 1 is 0.792 bits per heavy atom. The molecule has 2 aliphatic rings. The largest absolute Gasteiger partial charge is 0.334 e. The second kappa shape index (κ2) is 5.20. The summed E-state index contributed by atoms with van der Waals surface area (Å²) in [5.41, 5.74) is 4.03. The van der Waals surface area contributed by atoms with Crippen LogP contribution in [0.25, 0.3) is 10.8 Å². The van der Waals surface area contributed by atoms with Gasteiger partial charge >= 0.3 is 0 Å². The molecule has 2 nitrogen and oxygen atoms in total. The van der Waals surface area contributed by atoms with Crippen molar-refractivity contribution >= 4 is 16.7 Å². The molecule has 2 unspecified atom stereocenters. The van der Waals surface area contributed by atoms with E-state index >= 15 is 0 Å². The number of benzene rings is 3. The molecule has 3 aromatic carbocycles. The summed E-state index contributed by atoms with van der Waals surface area (Å²) in [7, 11) is 0. The first-order valence-corrected chi connectivity index (χ1v) is 8.65. The van der Waals surface area contributed by atoms with Crippen LogP contribution in [0.4, 0.5) is 0 Å². The number of hydrogen-bond acceptors (Lipinski definition) is 1. The van der Waals surface area contributed by atoms with Gasteiger partial charge in [0.1, 0.15) is 0 Å². The Morgan fingerprint density at radius 3 is 2.46 bits per heavy atom. The SMILES string of the molecule is O=C1CC(c2cccc3ccccc23)C2Cc3ccccc3CN12. The molecule has 0 saturated carbocycles. The lowest BCUT2D eigenvalue weighted by molar-refractivity contribution is -0.129. The highest BCUT2D eigenvalue weighted by Crippen LogP contribution is 2.42. The molecule has 5 rings (SSSR count). The lowest BCUT2D eigenvalue weighted by atomic mass is 9.83. The second-order valence-corrected chi connectivity index (χ2v) is 6.94. The van der Waals surface area contributed by atoms with E-state index in [-0.39, 0.29) is 5.92 Å². The minimum Gasteiger partial charge on any atom is -0.334 e. The number of amides is 1. The van der Waals surface area contributed by atoms with Crippen molar-refractivity contribution in [3.05, 3.63) is 83.4 Å². The number of nitrogens with zero attached hydrogens (tertiary/aromatic N) is 1. The van der Waals surface area contributed by atoms with E-state index in [0.29, 0.717) is 18.4 Å². The van der Waals surface area contributed by atoms with Crippen LogP contribution < -0.4 is 0 Å². The van der Waals surface area contributed by atoms with Crippen molar-refractivity contribution in [3.63, 3.8) is 0 Å². The average molecular weight is 313 g/mol. The summed E-state index contributed by atoms with van der Waals surface area (Å²) in [5, 5.41) is 2.55. The summed E-state index contributed by atoms with van der Waals surface area (Å²) in [4.78, 5) is 14.8. The lowest BCUT2D eigenvalue weighted by Gasteiger charge is -2.34. The molecule has 0 radical (unpaired) electrons. The topological polar surface area (TPSA) is 20.3 Å². The van der Waals surface area contributed by atoms with E-state index in [4.69, 9.17) is 0 Å². The third kappa shape index (κ3) is 1.99. The molecule has 1 saturated heterocycles. The highest BCUT2D eigenvalue weighted by molar-refractivity contribution is 5.88. The van der Waals surface area contributed by atoms with Gasteiger partial charge in [-0.25, -0.2) is 0 Å². The smallest absolute Gasteiger partial charge is 0.223 e. The Hall–Kier alpha value is -2.61. The van der Waals surface area contributed by atoms with Gasteiger partial charge in [-0.2, -0.15) is 0 Å². The minimum atomic E-state index is 0.289. The summed E-state index contributed by atoms with van der Waals surface area (Å²) in [6, 6.07) is 23.9. The van der Waals surface area contributed by atoms with E-state index in [1.807, 2.05) is 0 Å². The number of rotatable bonds is 1. The van der Waals surface area contributed by atoms with Crippen LogP contribution in [0.15, 0.2) is 66.7 Å². The van der Waals surface area contributed by atoms with Crippen LogP contribution in [0, 0.1) is 0 Å². The van der Waals surface area contributed by atoms with Crippen molar-refractivity contribution in [3.8, 4) is 0 Å². The van der Waals surface area contributed by atoms with Gasteiger partial charge < -0.3 is 4.90 Å². The summed E-state index contributed by atoms with van der Waals surface area (Å²) in [6.45, 7) is 0.765. The highest BCUT2D eigenvalue weighted by Gasteiger charge is 2.43. The van der Waals surface area contributed by atoms with Gasteiger partial charge in [0.25, 0.3) is 0 Å². The van der Waals surface area contributed by atoms with Crippen LogP contribution in [-0.4, -0.2) is 16.8 Å². The standard InChI is InChI=1S/C22H19NO/c24-22-13-20(19-11-5-9-15-6-3-4-10-18(15)19)21-12-16-7-1-2-8-17(16)14-23(21)22/h1-11,20-21H,12-14H2. The van der Waals surface area contributed by atoms with Crippen LogP contribution in [-0.2, 0) is 17.8 Å². The van der Waals surface area contributed by atoms with Crippen LogP contribution in [0.2, 0.25) is 0 Å². The van der Waals surface area contributed by atoms with E-state index in [1.165, 1.54) is 27.5 Å². The fourth-order valence-corrected chi connectivity index (χ4v) is 4.51. The second-order valence-electron chi connectivity index (χ2n) is 6.94. The molecule has 1 fully saturated rings. The molecular formula is C22H19NO. The minimum absolute atomic E-state index is 0.289. The average Bonchev–Trinajstić information content (AvgIpc) is 2.95. The Balaban J connectivity index is 1.61. The zero-order valence-corrected chi connectivity index (χ0v) is 13.5. The van der Waals surface area contributed by atoms with E-state index < -0.39 is 0 Å². The molecule has 24 heavy (non-hydrogen) atoms. The molecule has 0 bridgehead atoms. The van der Waals surface area contributed by atoms with Crippen LogP contribution in [0.3, 0.4) is 0 Å². The van der Waals surface area contributed by atoms with Gasteiger partial charge in [0.15, 0.2) is 0 Å². The first-order valence-electron chi connectivity index (χ1n) is 8.65. The molecule has 2 heteroatoms. The van der Waals surface area contributed by atoms with Gasteiger partial charge in [-0.1, -0.05) is 66.7 Å². The number of carbonyl (C=O) groups is 1. The van der Waals surface area contributed by atoms with Crippen LogP contribution in [0.5, 0.6) is 0 Å². The molecule has 3 aromatic rings. The lowest BCUT2D eigenvalue weighted by Crippen LogP contribution is -2.39. The molecule has 0 aliphatic carbocycles. The number of fused-ring (bicyclic) bond motifs is 3. The molecule has 0 N–H and O–H groups in total. The van der Waals surface area contributed by atoms with Gasteiger partial charge in [-0.05, 0) is 33.9 Å². The first kappa shape index (κ1) is 13.8. The van der Waals surface area contributed by atoms with Gasteiger partial charge in [-0.15, -0.1) is 0 Å². The maximum absolute atomic E-state index is 12.7. The molecule has 2 aliphatic heterocycles. The van der Waals surface area contributed by atoms with E-state index in [0.717, 1.165) is 13.0 Å². The Bertz CT molecular complexity index is 940. The quantitative estimate of drug-likeness (QED) is 0.656. The van der Waals surface area contributed by atoms with Gasteiger partial charge in [-0.3, -0.25) is 4.79 Å². The Morgan fingerprint density at radius 2 is 1.54 bits per heavy atom. The molecule has 2 atom stereocenters. The van der Waals surface area contributed by atoms with Crippen molar-refractivity contribution in [2.24, 2.45) is 0 Å². The molecule has 0 spiro atoms. The van der Waals surface area contributed by atoms with E-state index in [1.54, 1.807) is 0 Å². The van der Waals surface area contributed by atoms with Crippen molar-refractivity contribution in [2.75, 3.05) is 0 Å². The van der Waals surface area contributed by atoms with Crippen molar-refractivity contribution in [1.29, 1.82) is 0 Å². The third-order valence-electron chi connectivity index (χ3n) is 5.69. The normalized spacial score (nSPS) is 22.5. The summed E-state index contributed by atoms with van der Waals surface area (Å²) in [5.74, 6) is 0.587. The molecule has 2 heterocycles.